The van der Waals surface area contributed by atoms with Crippen LogP contribution >= 0.6 is 0 Å². The molecule has 0 spiro atoms. The fraction of sp³-hybridized carbons (Fsp3) is 0.438. The van der Waals surface area contributed by atoms with Crippen LogP contribution in [0.1, 0.15) is 37.0 Å². The monoisotopic (exact) mass is 276 g/mol. The molecule has 4 nitrogen and oxygen atoms in total. The van der Waals surface area contributed by atoms with Crippen LogP contribution in [0.4, 0.5) is 0 Å². The van der Waals surface area contributed by atoms with Gasteiger partial charge < -0.3 is 14.8 Å². The maximum Gasteiger partial charge on any atom is 0.164 e. The molecule has 110 valence electrons. The summed E-state index contributed by atoms with van der Waals surface area (Å²) in [6.07, 6.45) is 7.68. The van der Waals surface area contributed by atoms with E-state index in [1.807, 2.05) is 0 Å². The molecule has 1 heterocycles. The van der Waals surface area contributed by atoms with Crippen LogP contribution in [0.2, 0.25) is 0 Å². The van der Waals surface area contributed by atoms with Crippen LogP contribution in [0, 0.1) is 0 Å². The number of unbranched alkanes of at least 4 members (excludes halogenated alkanes) is 1. The lowest BCUT2D eigenvalue weighted by Crippen LogP contribution is -3.08. The number of hydrogen-bond donors (Lipinski definition) is 1. The van der Waals surface area contributed by atoms with Crippen LogP contribution < -0.4 is 10.0 Å². The lowest BCUT2D eigenvalue weighted by Gasteiger charge is -2.22. The van der Waals surface area contributed by atoms with Gasteiger partial charge in [0.15, 0.2) is 6.17 Å². The molecule has 0 aliphatic carbocycles. The maximum absolute atomic E-state index is 10.1. The van der Waals surface area contributed by atoms with E-state index in [9.17, 15) is 9.90 Å². The highest BCUT2D eigenvalue weighted by molar-refractivity contribution is 5.85. The van der Waals surface area contributed by atoms with Gasteiger partial charge in [0.2, 0.25) is 0 Å². The average Bonchev–Trinajstić information content (AvgIpc) is 2.78. The smallest absolute Gasteiger partial charge is 0.164 e. The summed E-state index contributed by atoms with van der Waals surface area (Å²) in [7, 11) is 2.20. The van der Waals surface area contributed by atoms with Crippen molar-refractivity contribution in [1.29, 1.82) is 0 Å². The number of aromatic carboxylic acids is 1. The second-order valence-corrected chi connectivity index (χ2v) is 4.98. The van der Waals surface area contributed by atoms with Crippen molar-refractivity contribution >= 4 is 5.97 Å². The van der Waals surface area contributed by atoms with E-state index in [4.69, 9.17) is 0 Å². The largest absolute Gasteiger partial charge is 0.545 e. The van der Waals surface area contributed by atoms with Gasteiger partial charge in [0.1, 0.15) is 6.20 Å². The first-order valence-electron chi connectivity index (χ1n) is 7.10. The van der Waals surface area contributed by atoms with E-state index in [-0.39, 0.29) is 5.56 Å². The van der Waals surface area contributed by atoms with Gasteiger partial charge in [-0.25, -0.2) is 0 Å². The number of quaternary nitrogens is 1. The molecular formula is C16H24N2O2. The molecule has 0 radical (unpaired) electrons. The van der Waals surface area contributed by atoms with Crippen molar-refractivity contribution in [3.8, 4) is 0 Å². The summed E-state index contributed by atoms with van der Waals surface area (Å²) in [6.45, 7) is 5.72. The first kappa shape index (κ1) is 16.2. The van der Waals surface area contributed by atoms with Crippen molar-refractivity contribution in [3.63, 3.8) is 0 Å². The number of hydrogen-bond acceptors (Lipinski definition) is 3. The molecule has 20 heavy (non-hydrogen) atoms. The molecule has 0 aromatic heterocycles. The normalized spacial score (nSPS) is 20.4. The highest BCUT2D eigenvalue weighted by atomic mass is 16.4. The SMILES string of the molecule is CCCCN1C=C[NH+](C)C1C.O=C([O-])c1ccccc1. The Hall–Kier alpha value is -1.81. The molecule has 1 aliphatic heterocycles. The number of nitrogens with one attached hydrogen (secondary N) is 1. The highest BCUT2D eigenvalue weighted by Crippen LogP contribution is 2.01. The van der Waals surface area contributed by atoms with Crippen LogP contribution in [0.25, 0.3) is 0 Å². The van der Waals surface area contributed by atoms with E-state index >= 15 is 0 Å². The van der Waals surface area contributed by atoms with Crippen molar-refractivity contribution in [3.05, 3.63) is 48.3 Å². The number of carbonyl (C=O) groups is 1. The molecule has 2 rings (SSSR count). The predicted octanol–water partition coefficient (Wildman–Crippen LogP) is 0.484. The molecule has 0 amide bonds. The highest BCUT2D eigenvalue weighted by Gasteiger charge is 2.21. The average molecular weight is 276 g/mol. The minimum atomic E-state index is -1.13. The van der Waals surface area contributed by atoms with Crippen molar-refractivity contribution < 1.29 is 14.8 Å². The van der Waals surface area contributed by atoms with Gasteiger partial charge in [-0.2, -0.15) is 0 Å². The number of nitrogens with zero attached hydrogens (tertiary/aromatic N) is 1. The summed E-state index contributed by atoms with van der Waals surface area (Å²) in [6, 6.07) is 8.06. The summed E-state index contributed by atoms with van der Waals surface area (Å²) in [5.41, 5.74) is 0.220. The Morgan fingerprint density at radius 2 is 2.00 bits per heavy atom. The van der Waals surface area contributed by atoms with Crippen LogP contribution in [-0.2, 0) is 0 Å². The topological polar surface area (TPSA) is 47.8 Å². The molecule has 1 aromatic carbocycles. The van der Waals surface area contributed by atoms with Crippen LogP contribution in [0.5, 0.6) is 0 Å². The standard InChI is InChI=1S/C9H18N2.C7H6O2/c1-4-5-6-11-8-7-10(3)9(11)2;8-7(9)6-4-2-1-3-5-6/h7-9H,4-6H2,1-3H3;1-5H,(H,8,9). The van der Waals surface area contributed by atoms with E-state index in [1.165, 1.54) is 36.4 Å². The zero-order chi connectivity index (χ0) is 15.0. The van der Waals surface area contributed by atoms with Crippen molar-refractivity contribution in [2.75, 3.05) is 13.6 Å². The number of carbonyl (C=O) groups excluding carboxylic acids is 1. The Balaban J connectivity index is 0.000000204. The fourth-order valence-electron chi connectivity index (χ4n) is 1.93. The van der Waals surface area contributed by atoms with Gasteiger partial charge >= 0.3 is 0 Å². The molecule has 2 atom stereocenters. The molecule has 0 fully saturated rings. The van der Waals surface area contributed by atoms with E-state index < -0.39 is 5.97 Å². The second-order valence-electron chi connectivity index (χ2n) is 4.98. The van der Waals surface area contributed by atoms with E-state index in [2.05, 4.69) is 38.2 Å². The Kier molecular flexibility index (Phi) is 6.81. The minimum absolute atomic E-state index is 0.220. The van der Waals surface area contributed by atoms with Gasteiger partial charge in [0.05, 0.1) is 19.2 Å². The Morgan fingerprint density at radius 1 is 1.35 bits per heavy atom. The molecule has 1 aliphatic rings. The number of carboxylic acids is 1. The summed E-state index contributed by atoms with van der Waals surface area (Å²) in [5.74, 6) is -1.13. The van der Waals surface area contributed by atoms with Crippen molar-refractivity contribution in [2.45, 2.75) is 32.9 Å². The molecule has 4 heteroatoms. The van der Waals surface area contributed by atoms with Crippen molar-refractivity contribution in [1.82, 2.24) is 4.90 Å². The lowest BCUT2D eigenvalue weighted by molar-refractivity contribution is -0.854. The number of rotatable bonds is 4. The molecule has 0 saturated carbocycles. The summed E-state index contributed by atoms with van der Waals surface area (Å²) < 4.78 is 0. The summed E-state index contributed by atoms with van der Waals surface area (Å²) in [5, 5.41) is 10.1. The predicted molar refractivity (Wildman–Crippen MR) is 77.9 cm³/mol. The molecule has 1 aromatic rings. The first-order valence-corrected chi connectivity index (χ1v) is 7.10. The third kappa shape index (κ3) is 5.05. The number of carboxylic acid groups (broad SMARTS) is 1. The zero-order valence-electron chi connectivity index (χ0n) is 12.5. The molecule has 0 bridgehead atoms. The Labute approximate surface area is 121 Å². The lowest BCUT2D eigenvalue weighted by atomic mass is 10.2. The second kappa shape index (κ2) is 8.38. The quantitative estimate of drug-likeness (QED) is 0.870. The van der Waals surface area contributed by atoms with Gasteiger partial charge in [-0.1, -0.05) is 43.7 Å². The minimum Gasteiger partial charge on any atom is -0.545 e. The summed E-state index contributed by atoms with van der Waals surface area (Å²) in [4.78, 5) is 14.0. The van der Waals surface area contributed by atoms with E-state index in [1.54, 1.807) is 18.2 Å². The van der Waals surface area contributed by atoms with Crippen LogP contribution in [0.15, 0.2) is 42.7 Å². The van der Waals surface area contributed by atoms with E-state index in [0.717, 1.165) is 0 Å². The number of benzene rings is 1. The first-order chi connectivity index (χ1) is 9.56. The van der Waals surface area contributed by atoms with Crippen LogP contribution in [0.3, 0.4) is 0 Å². The Morgan fingerprint density at radius 3 is 2.40 bits per heavy atom. The molecule has 2 unspecified atom stereocenters. The third-order valence-corrected chi connectivity index (χ3v) is 3.46. The third-order valence-electron chi connectivity index (χ3n) is 3.46. The van der Waals surface area contributed by atoms with Gasteiger partial charge in [-0.15, -0.1) is 0 Å². The van der Waals surface area contributed by atoms with Crippen molar-refractivity contribution in [2.24, 2.45) is 0 Å². The van der Waals surface area contributed by atoms with Gasteiger partial charge in [0.25, 0.3) is 0 Å². The summed E-state index contributed by atoms with van der Waals surface area (Å²) >= 11 is 0. The van der Waals surface area contributed by atoms with Crippen LogP contribution in [-0.4, -0.2) is 30.6 Å². The zero-order valence-corrected chi connectivity index (χ0v) is 12.5. The van der Waals surface area contributed by atoms with Gasteiger partial charge in [0, 0.05) is 13.5 Å². The molecule has 1 N–H and O–H groups in total. The molecular weight excluding hydrogens is 252 g/mol. The van der Waals surface area contributed by atoms with E-state index in [0.29, 0.717) is 6.17 Å². The Bertz CT molecular complexity index is 431. The fourth-order valence-corrected chi connectivity index (χ4v) is 1.93. The van der Waals surface area contributed by atoms with Gasteiger partial charge in [-0.05, 0) is 12.0 Å². The van der Waals surface area contributed by atoms with Gasteiger partial charge in [-0.3, -0.25) is 4.90 Å². The maximum atomic E-state index is 10.1. The molecule has 0 saturated heterocycles.